The van der Waals surface area contributed by atoms with E-state index in [0.29, 0.717) is 30.4 Å². The molecular weight excluding hydrogens is 550 g/mol. The molecule has 0 radical (unpaired) electrons. The van der Waals surface area contributed by atoms with Crippen LogP contribution in [0.2, 0.25) is 0 Å². The Morgan fingerprint density at radius 3 is 2.56 bits per heavy atom. The quantitative estimate of drug-likeness (QED) is 0.329. The highest BCUT2D eigenvalue weighted by atomic mass is 16.6. The van der Waals surface area contributed by atoms with Crippen molar-refractivity contribution in [1.82, 2.24) is 39.9 Å². The maximum absolute atomic E-state index is 13.2. The van der Waals surface area contributed by atoms with Crippen LogP contribution in [0.5, 0.6) is 0 Å². The zero-order valence-electron chi connectivity index (χ0n) is 25.5. The van der Waals surface area contributed by atoms with E-state index < -0.39 is 23.6 Å². The lowest BCUT2D eigenvalue weighted by molar-refractivity contribution is 0.0234. The molecular formula is C30H37N9O4. The Labute approximate surface area is 250 Å². The monoisotopic (exact) mass is 587 g/mol. The standard InChI is InChI=1S/C30H37N9O4/c1-29(2,3)23-16-42-26(36-23)25(40)35-22-10-11-39(28(41)43-30(4,5)6)14-19-12-18(8-9-21(19)22)24-31-17-32-27(37-24)34-20-13-33-38(7)15-20/h8-9,12-13,15-17,22H,10-11,14H2,1-7H3,(H,35,40)(H,31,32,34,37)/t22-/m1/s1. The van der Waals surface area contributed by atoms with Gasteiger partial charge in [-0.25, -0.2) is 19.7 Å². The summed E-state index contributed by atoms with van der Waals surface area (Å²) in [4.78, 5) is 45.6. The van der Waals surface area contributed by atoms with E-state index in [1.54, 1.807) is 15.8 Å². The summed E-state index contributed by atoms with van der Waals surface area (Å²) in [7, 11) is 1.82. The maximum atomic E-state index is 13.2. The van der Waals surface area contributed by atoms with Crippen LogP contribution in [0.15, 0.2) is 47.6 Å². The van der Waals surface area contributed by atoms with Crippen LogP contribution in [0.3, 0.4) is 0 Å². The van der Waals surface area contributed by atoms with Gasteiger partial charge in [0.2, 0.25) is 5.95 Å². The molecule has 2 N–H and O–H groups in total. The number of benzene rings is 1. The molecule has 5 rings (SSSR count). The van der Waals surface area contributed by atoms with Crippen molar-refractivity contribution in [3.05, 3.63) is 65.9 Å². The van der Waals surface area contributed by atoms with E-state index in [4.69, 9.17) is 9.15 Å². The van der Waals surface area contributed by atoms with Gasteiger partial charge in [-0.05, 0) is 44.4 Å². The highest BCUT2D eigenvalue weighted by Crippen LogP contribution is 2.31. The Bertz CT molecular complexity index is 1630. The lowest BCUT2D eigenvalue weighted by Crippen LogP contribution is -2.37. The van der Waals surface area contributed by atoms with Crippen LogP contribution in [0.1, 0.15) is 81.5 Å². The number of hydrogen-bond donors (Lipinski definition) is 2. The van der Waals surface area contributed by atoms with E-state index in [0.717, 1.165) is 22.4 Å². The van der Waals surface area contributed by atoms with Gasteiger partial charge in [0.25, 0.3) is 5.89 Å². The van der Waals surface area contributed by atoms with Crippen molar-refractivity contribution in [1.29, 1.82) is 0 Å². The minimum Gasteiger partial charge on any atom is -0.444 e. The van der Waals surface area contributed by atoms with Crippen molar-refractivity contribution < 1.29 is 18.7 Å². The molecule has 4 aromatic rings. The van der Waals surface area contributed by atoms with E-state index in [2.05, 4.69) is 35.7 Å². The summed E-state index contributed by atoms with van der Waals surface area (Å²) in [6.07, 6.45) is 6.47. The average molecular weight is 588 g/mol. The molecule has 1 aliphatic heterocycles. The Morgan fingerprint density at radius 1 is 1.09 bits per heavy atom. The zero-order chi connectivity index (χ0) is 30.9. The van der Waals surface area contributed by atoms with Crippen molar-refractivity contribution in [2.24, 2.45) is 7.05 Å². The summed E-state index contributed by atoms with van der Waals surface area (Å²) in [5, 5.41) is 10.4. The minimum atomic E-state index is -0.653. The minimum absolute atomic E-state index is 0.00447. The first-order valence-electron chi connectivity index (χ1n) is 14.1. The second kappa shape index (κ2) is 11.5. The van der Waals surface area contributed by atoms with E-state index in [1.807, 2.05) is 73.0 Å². The molecule has 0 unspecified atom stereocenters. The predicted molar refractivity (Wildman–Crippen MR) is 158 cm³/mol. The second-order valence-corrected chi connectivity index (χ2v) is 12.6. The first-order valence-corrected chi connectivity index (χ1v) is 14.1. The highest BCUT2D eigenvalue weighted by molar-refractivity contribution is 5.90. The molecule has 3 aromatic heterocycles. The fourth-order valence-corrected chi connectivity index (χ4v) is 4.63. The number of carbonyl (C=O) groups is 2. The fraction of sp³-hybridized carbons (Fsp3) is 0.433. The molecule has 0 saturated heterocycles. The van der Waals surface area contributed by atoms with Crippen LogP contribution in [-0.2, 0) is 23.7 Å². The molecule has 13 nitrogen and oxygen atoms in total. The first-order chi connectivity index (χ1) is 20.2. The fourth-order valence-electron chi connectivity index (χ4n) is 4.63. The number of oxazole rings is 1. The van der Waals surface area contributed by atoms with Crippen molar-refractivity contribution in [3.63, 3.8) is 0 Å². The normalized spacial score (nSPS) is 15.4. The molecule has 0 spiro atoms. The first kappa shape index (κ1) is 29.7. The van der Waals surface area contributed by atoms with Crippen LogP contribution < -0.4 is 10.6 Å². The molecule has 1 aliphatic rings. The lowest BCUT2D eigenvalue weighted by atomic mass is 9.93. The summed E-state index contributed by atoms with van der Waals surface area (Å²) in [6, 6.07) is 5.36. The van der Waals surface area contributed by atoms with Crippen LogP contribution in [-0.4, -0.2) is 58.8 Å². The van der Waals surface area contributed by atoms with Crippen molar-refractivity contribution in [2.45, 2.75) is 71.6 Å². The number of nitrogens with one attached hydrogen (secondary N) is 2. The number of anilines is 2. The number of hydrogen-bond acceptors (Lipinski definition) is 10. The number of nitrogens with zero attached hydrogens (tertiary/aromatic N) is 7. The SMILES string of the molecule is Cn1cc(Nc2ncnc(-c3ccc4c(c3)CN(C(=O)OC(C)(C)C)CC[C@H]4NC(=O)c3nc(C(C)(C)C)co3)n2)cn1. The predicted octanol–water partition coefficient (Wildman–Crippen LogP) is 4.91. The smallest absolute Gasteiger partial charge is 0.410 e. The third-order valence-electron chi connectivity index (χ3n) is 6.78. The summed E-state index contributed by atoms with van der Waals surface area (Å²) < 4.78 is 12.9. The number of ether oxygens (including phenoxy) is 1. The van der Waals surface area contributed by atoms with E-state index >= 15 is 0 Å². The van der Waals surface area contributed by atoms with Crippen LogP contribution in [0, 0.1) is 0 Å². The molecule has 4 heterocycles. The Hall–Kier alpha value is -4.81. The van der Waals surface area contributed by atoms with Crippen molar-refractivity contribution >= 4 is 23.6 Å². The van der Waals surface area contributed by atoms with E-state index in [1.165, 1.54) is 12.6 Å². The zero-order valence-corrected chi connectivity index (χ0v) is 25.5. The number of aryl methyl sites for hydroxylation is 1. The summed E-state index contributed by atoms with van der Waals surface area (Å²) in [5.74, 6) is 0.390. The second-order valence-electron chi connectivity index (χ2n) is 12.6. The largest absolute Gasteiger partial charge is 0.444 e. The van der Waals surface area contributed by atoms with Gasteiger partial charge in [-0.1, -0.05) is 32.9 Å². The van der Waals surface area contributed by atoms with Gasteiger partial charge < -0.3 is 24.7 Å². The molecule has 226 valence electrons. The number of rotatable bonds is 5. The summed E-state index contributed by atoms with van der Waals surface area (Å²) in [6.45, 7) is 12.1. The van der Waals surface area contributed by atoms with Gasteiger partial charge in [0.15, 0.2) is 5.82 Å². The average Bonchev–Trinajstić information content (AvgIpc) is 3.55. The van der Waals surface area contributed by atoms with Crippen LogP contribution in [0.4, 0.5) is 16.4 Å². The summed E-state index contributed by atoms with van der Waals surface area (Å²) in [5.41, 5.74) is 2.95. The molecule has 1 aromatic carbocycles. The third kappa shape index (κ3) is 7.16. The third-order valence-corrected chi connectivity index (χ3v) is 6.78. The van der Waals surface area contributed by atoms with Gasteiger partial charge in [0.05, 0.1) is 23.6 Å². The molecule has 13 heteroatoms. The van der Waals surface area contributed by atoms with Gasteiger partial charge in [0.1, 0.15) is 18.2 Å². The Balaban J connectivity index is 1.45. The number of amides is 2. The topological polar surface area (TPSA) is 153 Å². The van der Waals surface area contributed by atoms with Crippen molar-refractivity contribution in [2.75, 3.05) is 11.9 Å². The number of fused-ring (bicyclic) bond motifs is 1. The van der Waals surface area contributed by atoms with Crippen LogP contribution >= 0.6 is 0 Å². The maximum Gasteiger partial charge on any atom is 0.410 e. The van der Waals surface area contributed by atoms with E-state index in [-0.39, 0.29) is 17.9 Å². The van der Waals surface area contributed by atoms with Gasteiger partial charge in [-0.2, -0.15) is 10.1 Å². The highest BCUT2D eigenvalue weighted by Gasteiger charge is 2.31. The molecule has 1 atom stereocenters. The lowest BCUT2D eigenvalue weighted by Gasteiger charge is -2.26. The number of carbonyl (C=O) groups excluding carboxylic acids is 2. The van der Waals surface area contributed by atoms with Gasteiger partial charge in [-0.3, -0.25) is 9.48 Å². The Morgan fingerprint density at radius 2 is 1.88 bits per heavy atom. The molecule has 0 bridgehead atoms. The molecule has 0 aliphatic carbocycles. The van der Waals surface area contributed by atoms with Gasteiger partial charge in [-0.15, -0.1) is 0 Å². The van der Waals surface area contributed by atoms with Crippen molar-refractivity contribution in [3.8, 4) is 11.4 Å². The Kier molecular flexibility index (Phi) is 7.91. The molecule has 2 amide bonds. The number of aromatic nitrogens is 6. The summed E-state index contributed by atoms with van der Waals surface area (Å²) >= 11 is 0. The molecule has 0 fully saturated rings. The molecule has 43 heavy (non-hydrogen) atoms. The van der Waals surface area contributed by atoms with E-state index in [9.17, 15) is 9.59 Å². The molecule has 0 saturated carbocycles. The van der Waals surface area contributed by atoms with Crippen LogP contribution in [0.25, 0.3) is 11.4 Å². The van der Waals surface area contributed by atoms with Gasteiger partial charge >= 0.3 is 12.0 Å². The van der Waals surface area contributed by atoms with Gasteiger partial charge in [0, 0.05) is 37.3 Å².